The van der Waals surface area contributed by atoms with Crippen LogP contribution in [0.2, 0.25) is 0 Å². The maximum Gasteiger partial charge on any atom is 0.153 e. The van der Waals surface area contributed by atoms with Crippen LogP contribution in [-0.2, 0) is 0 Å². The second kappa shape index (κ2) is 4.30. The zero-order valence-corrected chi connectivity index (χ0v) is 9.68. The van der Waals surface area contributed by atoms with Gasteiger partial charge >= 0.3 is 0 Å². The molecular weight excluding hydrogens is 202 g/mol. The van der Waals surface area contributed by atoms with Gasteiger partial charge in [0, 0.05) is 12.2 Å². The summed E-state index contributed by atoms with van der Waals surface area (Å²) in [7, 11) is 0. The summed E-state index contributed by atoms with van der Waals surface area (Å²) >= 11 is 0. The van der Waals surface area contributed by atoms with Crippen molar-refractivity contribution in [1.29, 1.82) is 0 Å². The van der Waals surface area contributed by atoms with Crippen molar-refractivity contribution in [2.45, 2.75) is 26.8 Å². The van der Waals surface area contributed by atoms with Crippen LogP contribution in [0.25, 0.3) is 0 Å². The topological polar surface area (TPSA) is 55.6 Å². The molecule has 0 amide bonds. The summed E-state index contributed by atoms with van der Waals surface area (Å²) in [5.41, 5.74) is 2.00. The van der Waals surface area contributed by atoms with E-state index in [4.69, 9.17) is 0 Å². The largest absolute Gasteiger partial charge is 0.336 e. The predicted octanol–water partition coefficient (Wildman–Crippen LogP) is 2.31. The van der Waals surface area contributed by atoms with Crippen LogP contribution >= 0.6 is 0 Å². The number of nitrogens with zero attached hydrogens (tertiary/aromatic N) is 4. The minimum Gasteiger partial charge on any atom is -0.336 e. The summed E-state index contributed by atoms with van der Waals surface area (Å²) in [6.07, 6.45) is 5.46. The van der Waals surface area contributed by atoms with E-state index in [1.807, 2.05) is 23.9 Å². The summed E-state index contributed by atoms with van der Waals surface area (Å²) in [6, 6.07) is 2.30. The molecule has 0 aliphatic rings. The predicted molar refractivity (Wildman–Crippen MR) is 62.7 cm³/mol. The molecule has 5 nitrogen and oxygen atoms in total. The molecule has 5 heteroatoms. The van der Waals surface area contributed by atoms with E-state index in [1.165, 1.54) is 0 Å². The van der Waals surface area contributed by atoms with E-state index >= 15 is 0 Å². The fourth-order valence-corrected chi connectivity index (χ4v) is 1.36. The van der Waals surface area contributed by atoms with Gasteiger partial charge in [-0.25, -0.2) is 0 Å². The molecule has 16 heavy (non-hydrogen) atoms. The van der Waals surface area contributed by atoms with E-state index in [-0.39, 0.29) is 0 Å². The molecule has 0 fully saturated rings. The molecule has 0 bridgehead atoms. The van der Waals surface area contributed by atoms with Gasteiger partial charge in [-0.1, -0.05) is 0 Å². The molecule has 0 radical (unpaired) electrons. The quantitative estimate of drug-likeness (QED) is 0.857. The Bertz CT molecular complexity index is 475. The number of hydrogen-bond acceptors (Lipinski definition) is 4. The Morgan fingerprint density at radius 1 is 1.31 bits per heavy atom. The van der Waals surface area contributed by atoms with Crippen molar-refractivity contribution < 1.29 is 0 Å². The standard InChI is InChI=1S/C11H15N5/c1-8(2)16-7-10(6-13-16)14-11-4-9(3)5-12-15-11/h4-8H,1-3H3,(H,14,15). The molecule has 0 aliphatic carbocycles. The molecule has 84 valence electrons. The minimum absolute atomic E-state index is 0.360. The van der Waals surface area contributed by atoms with E-state index in [2.05, 4.69) is 34.5 Å². The molecule has 0 saturated carbocycles. The Kier molecular flexibility index (Phi) is 2.85. The average molecular weight is 217 g/mol. The molecule has 2 heterocycles. The Morgan fingerprint density at radius 2 is 2.12 bits per heavy atom. The van der Waals surface area contributed by atoms with Crippen LogP contribution in [0.3, 0.4) is 0 Å². The molecule has 2 rings (SSSR count). The summed E-state index contributed by atoms with van der Waals surface area (Å²) in [4.78, 5) is 0. The van der Waals surface area contributed by atoms with Crippen LogP contribution in [0.15, 0.2) is 24.7 Å². The minimum atomic E-state index is 0.360. The lowest BCUT2D eigenvalue weighted by molar-refractivity contribution is 0.532. The monoisotopic (exact) mass is 217 g/mol. The van der Waals surface area contributed by atoms with Crippen LogP contribution in [0.4, 0.5) is 11.5 Å². The molecular formula is C11H15N5. The van der Waals surface area contributed by atoms with Crippen LogP contribution < -0.4 is 5.32 Å². The van der Waals surface area contributed by atoms with E-state index in [0.717, 1.165) is 17.1 Å². The van der Waals surface area contributed by atoms with Gasteiger partial charge in [-0.05, 0) is 32.4 Å². The van der Waals surface area contributed by atoms with E-state index in [0.29, 0.717) is 6.04 Å². The van der Waals surface area contributed by atoms with E-state index in [9.17, 15) is 0 Å². The van der Waals surface area contributed by atoms with Gasteiger partial charge < -0.3 is 5.32 Å². The maximum atomic E-state index is 4.24. The first kappa shape index (κ1) is 10.6. The molecule has 0 spiro atoms. The van der Waals surface area contributed by atoms with Gasteiger partial charge in [0.1, 0.15) is 0 Å². The second-order valence-corrected chi connectivity index (χ2v) is 4.05. The van der Waals surface area contributed by atoms with Crippen LogP contribution in [0.5, 0.6) is 0 Å². The number of aryl methyl sites for hydroxylation is 1. The highest BCUT2D eigenvalue weighted by Gasteiger charge is 2.02. The Balaban J connectivity index is 2.14. The lowest BCUT2D eigenvalue weighted by Crippen LogP contribution is -2.00. The van der Waals surface area contributed by atoms with Gasteiger partial charge in [0.2, 0.25) is 0 Å². The van der Waals surface area contributed by atoms with Crippen molar-refractivity contribution in [3.8, 4) is 0 Å². The SMILES string of the molecule is Cc1cnnc(Nc2cnn(C(C)C)c2)c1. The normalized spacial score (nSPS) is 10.8. The molecule has 0 unspecified atom stereocenters. The van der Waals surface area contributed by atoms with Crippen molar-refractivity contribution in [3.05, 3.63) is 30.2 Å². The summed E-state index contributed by atoms with van der Waals surface area (Å²) in [5, 5.41) is 15.3. The lowest BCUT2D eigenvalue weighted by atomic mass is 10.3. The van der Waals surface area contributed by atoms with Crippen LogP contribution in [0.1, 0.15) is 25.5 Å². The van der Waals surface area contributed by atoms with Crippen LogP contribution in [0, 0.1) is 6.92 Å². The van der Waals surface area contributed by atoms with Gasteiger partial charge in [0.25, 0.3) is 0 Å². The number of anilines is 2. The van der Waals surface area contributed by atoms with Gasteiger partial charge in [0.15, 0.2) is 5.82 Å². The van der Waals surface area contributed by atoms with Crippen molar-refractivity contribution in [2.24, 2.45) is 0 Å². The highest BCUT2D eigenvalue weighted by molar-refractivity contribution is 5.53. The Morgan fingerprint density at radius 3 is 2.75 bits per heavy atom. The molecule has 0 aliphatic heterocycles. The fraction of sp³-hybridized carbons (Fsp3) is 0.364. The number of rotatable bonds is 3. The smallest absolute Gasteiger partial charge is 0.153 e. The first-order valence-electron chi connectivity index (χ1n) is 5.25. The third kappa shape index (κ3) is 2.36. The molecule has 2 aromatic rings. The van der Waals surface area contributed by atoms with Gasteiger partial charge in [-0.2, -0.15) is 10.2 Å². The van der Waals surface area contributed by atoms with Crippen molar-refractivity contribution >= 4 is 11.5 Å². The first-order valence-corrected chi connectivity index (χ1v) is 5.25. The zero-order chi connectivity index (χ0) is 11.5. The second-order valence-electron chi connectivity index (χ2n) is 4.05. The number of hydrogen-bond donors (Lipinski definition) is 1. The van der Waals surface area contributed by atoms with E-state index < -0.39 is 0 Å². The van der Waals surface area contributed by atoms with Gasteiger partial charge in [0.05, 0.1) is 18.1 Å². The van der Waals surface area contributed by atoms with Gasteiger partial charge in [-0.3, -0.25) is 4.68 Å². The summed E-state index contributed by atoms with van der Waals surface area (Å²) < 4.78 is 1.89. The summed E-state index contributed by atoms with van der Waals surface area (Å²) in [5.74, 6) is 0.739. The molecule has 0 aromatic carbocycles. The zero-order valence-electron chi connectivity index (χ0n) is 9.68. The number of nitrogens with one attached hydrogen (secondary N) is 1. The summed E-state index contributed by atoms with van der Waals surface area (Å²) in [6.45, 7) is 6.16. The van der Waals surface area contributed by atoms with Crippen molar-refractivity contribution in [1.82, 2.24) is 20.0 Å². The Labute approximate surface area is 94.5 Å². The molecule has 2 aromatic heterocycles. The van der Waals surface area contributed by atoms with E-state index in [1.54, 1.807) is 12.4 Å². The highest BCUT2D eigenvalue weighted by Crippen LogP contribution is 2.15. The maximum absolute atomic E-state index is 4.24. The number of aromatic nitrogens is 4. The first-order chi connectivity index (χ1) is 7.65. The lowest BCUT2D eigenvalue weighted by Gasteiger charge is -2.04. The fourth-order valence-electron chi connectivity index (χ4n) is 1.36. The average Bonchev–Trinajstić information content (AvgIpc) is 2.66. The Hall–Kier alpha value is -1.91. The highest BCUT2D eigenvalue weighted by atomic mass is 15.3. The molecule has 1 N–H and O–H groups in total. The third-order valence-corrected chi connectivity index (χ3v) is 2.19. The van der Waals surface area contributed by atoms with Gasteiger partial charge in [-0.15, -0.1) is 5.10 Å². The van der Waals surface area contributed by atoms with Crippen molar-refractivity contribution in [3.63, 3.8) is 0 Å². The van der Waals surface area contributed by atoms with Crippen LogP contribution in [-0.4, -0.2) is 20.0 Å². The molecule has 0 atom stereocenters. The third-order valence-electron chi connectivity index (χ3n) is 2.19. The molecule has 0 saturated heterocycles. The van der Waals surface area contributed by atoms with Crippen molar-refractivity contribution in [2.75, 3.05) is 5.32 Å².